The molecular formula is C24H14F5N5O2. The van der Waals surface area contributed by atoms with Gasteiger partial charge in [-0.1, -0.05) is 6.07 Å². The molecule has 36 heavy (non-hydrogen) atoms. The highest BCUT2D eigenvalue weighted by Gasteiger charge is 2.32. The number of nitrogens with two attached hydrogens (primary N) is 1. The maximum absolute atomic E-state index is 13.8. The third-order valence-electron chi connectivity index (χ3n) is 5.46. The molecular weight excluding hydrogens is 485 g/mol. The van der Waals surface area contributed by atoms with Crippen LogP contribution in [0.5, 0.6) is 5.75 Å². The molecule has 0 amide bonds. The Labute approximate surface area is 198 Å². The first-order chi connectivity index (χ1) is 17.1. The zero-order valence-electron chi connectivity index (χ0n) is 18.0. The Kier molecular flexibility index (Phi) is 5.50. The molecule has 3 heterocycles. The predicted molar refractivity (Wildman–Crippen MR) is 122 cm³/mol. The van der Waals surface area contributed by atoms with Gasteiger partial charge in [-0.2, -0.15) is 22.0 Å². The van der Waals surface area contributed by atoms with E-state index in [-0.39, 0.29) is 33.7 Å². The highest BCUT2D eigenvalue weighted by atomic mass is 19.4. The van der Waals surface area contributed by atoms with Crippen LogP contribution < -0.4 is 16.0 Å². The van der Waals surface area contributed by atoms with Crippen molar-refractivity contribution in [1.82, 2.24) is 19.5 Å². The summed E-state index contributed by atoms with van der Waals surface area (Å²) in [5.74, 6) is -0.191. The van der Waals surface area contributed by atoms with E-state index in [1.807, 2.05) is 0 Å². The largest absolute Gasteiger partial charge is 0.435 e. The number of rotatable bonds is 4. The Morgan fingerprint density at radius 2 is 1.61 bits per heavy atom. The van der Waals surface area contributed by atoms with Gasteiger partial charge in [0.15, 0.2) is 0 Å². The van der Waals surface area contributed by atoms with Gasteiger partial charge in [0.05, 0.1) is 33.4 Å². The van der Waals surface area contributed by atoms with Crippen molar-refractivity contribution >= 4 is 27.8 Å². The minimum absolute atomic E-state index is 0.0183. The van der Waals surface area contributed by atoms with Gasteiger partial charge in [-0.15, -0.1) is 0 Å². The number of nitrogens with zero attached hydrogens (tertiary/aromatic N) is 4. The molecule has 0 aliphatic rings. The van der Waals surface area contributed by atoms with Crippen molar-refractivity contribution in [3.63, 3.8) is 0 Å². The summed E-state index contributed by atoms with van der Waals surface area (Å²) in [5, 5.41) is 0. The summed E-state index contributed by atoms with van der Waals surface area (Å²) in [7, 11) is 0. The SMILES string of the molecule is Nc1c(-c2ccc3nccnc3c2)c(=O)n(-c2ccc(OC(F)F)cc2)c2cc(C(F)(F)F)cnc12. The van der Waals surface area contributed by atoms with Gasteiger partial charge < -0.3 is 10.5 Å². The molecule has 182 valence electrons. The van der Waals surface area contributed by atoms with E-state index in [1.165, 1.54) is 36.7 Å². The van der Waals surface area contributed by atoms with Crippen molar-refractivity contribution in [2.24, 2.45) is 0 Å². The zero-order valence-corrected chi connectivity index (χ0v) is 18.0. The van der Waals surface area contributed by atoms with E-state index in [0.29, 0.717) is 22.8 Å². The third-order valence-corrected chi connectivity index (χ3v) is 5.46. The second-order valence-corrected chi connectivity index (χ2v) is 7.65. The fourth-order valence-corrected chi connectivity index (χ4v) is 3.87. The van der Waals surface area contributed by atoms with Crippen LogP contribution in [0, 0.1) is 0 Å². The third kappa shape index (κ3) is 4.06. The molecule has 3 aromatic heterocycles. The van der Waals surface area contributed by atoms with Crippen LogP contribution in [-0.2, 0) is 6.18 Å². The summed E-state index contributed by atoms with van der Waals surface area (Å²) in [4.78, 5) is 26.1. The number of aromatic nitrogens is 4. The average molecular weight is 499 g/mol. The van der Waals surface area contributed by atoms with E-state index in [4.69, 9.17) is 5.73 Å². The first kappa shape index (κ1) is 23.1. The van der Waals surface area contributed by atoms with Crippen LogP contribution in [0.25, 0.3) is 38.9 Å². The van der Waals surface area contributed by atoms with Gasteiger partial charge in [0.25, 0.3) is 5.56 Å². The van der Waals surface area contributed by atoms with Gasteiger partial charge in [-0.25, -0.2) is 0 Å². The number of alkyl halides is 5. The lowest BCUT2D eigenvalue weighted by Gasteiger charge is -2.17. The van der Waals surface area contributed by atoms with Gasteiger partial charge in [0.2, 0.25) is 0 Å². The van der Waals surface area contributed by atoms with Gasteiger partial charge in [-0.3, -0.25) is 24.3 Å². The number of fused-ring (bicyclic) bond motifs is 2. The maximum Gasteiger partial charge on any atom is 0.417 e. The van der Waals surface area contributed by atoms with E-state index in [9.17, 15) is 26.7 Å². The van der Waals surface area contributed by atoms with Crippen LogP contribution in [0.1, 0.15) is 5.56 Å². The van der Waals surface area contributed by atoms with Crippen LogP contribution in [0.2, 0.25) is 0 Å². The molecule has 0 aliphatic heterocycles. The number of pyridine rings is 2. The summed E-state index contributed by atoms with van der Waals surface area (Å²) in [6.07, 6.45) is -1.13. The number of ether oxygens (including phenoxy) is 1. The maximum atomic E-state index is 13.8. The van der Waals surface area contributed by atoms with Gasteiger partial charge in [0, 0.05) is 24.3 Å². The van der Waals surface area contributed by atoms with Gasteiger partial charge >= 0.3 is 12.8 Å². The molecule has 0 radical (unpaired) electrons. The molecule has 5 rings (SSSR count). The Bertz CT molecular complexity index is 1670. The lowest BCUT2D eigenvalue weighted by molar-refractivity contribution is -0.137. The lowest BCUT2D eigenvalue weighted by Crippen LogP contribution is -2.23. The van der Waals surface area contributed by atoms with Crippen molar-refractivity contribution < 1.29 is 26.7 Å². The lowest BCUT2D eigenvalue weighted by atomic mass is 10.0. The summed E-state index contributed by atoms with van der Waals surface area (Å²) in [5.41, 5.74) is 5.51. The second kappa shape index (κ2) is 8.56. The Morgan fingerprint density at radius 3 is 2.28 bits per heavy atom. The number of hydrogen-bond acceptors (Lipinski definition) is 6. The van der Waals surface area contributed by atoms with E-state index >= 15 is 0 Å². The molecule has 0 fully saturated rings. The van der Waals surface area contributed by atoms with E-state index in [2.05, 4.69) is 19.7 Å². The quantitative estimate of drug-likeness (QED) is 0.342. The molecule has 0 saturated heterocycles. The molecule has 0 atom stereocenters. The smallest absolute Gasteiger partial charge is 0.417 e. The number of anilines is 1. The van der Waals surface area contributed by atoms with Gasteiger partial charge in [0.1, 0.15) is 11.3 Å². The van der Waals surface area contributed by atoms with Crippen LogP contribution in [0.4, 0.5) is 27.6 Å². The van der Waals surface area contributed by atoms with Crippen molar-refractivity contribution in [2.75, 3.05) is 5.73 Å². The number of benzene rings is 2. The zero-order chi connectivity index (χ0) is 25.6. The van der Waals surface area contributed by atoms with Crippen LogP contribution in [0.15, 0.2) is 71.9 Å². The molecule has 2 aromatic carbocycles. The second-order valence-electron chi connectivity index (χ2n) is 7.65. The number of nitrogen functional groups attached to an aromatic ring is 1. The molecule has 7 nitrogen and oxygen atoms in total. The van der Waals surface area contributed by atoms with E-state index in [0.717, 1.165) is 10.6 Å². The van der Waals surface area contributed by atoms with Crippen LogP contribution in [0.3, 0.4) is 0 Å². The Morgan fingerprint density at radius 1 is 0.917 bits per heavy atom. The molecule has 12 heteroatoms. The standard InChI is InChI=1S/C24H14F5N5O2/c25-23(26)36-15-4-2-14(3-5-15)34-18-10-13(24(27,28)29)11-33-21(18)20(30)19(22(34)35)12-1-6-16-17(9-12)32-8-7-31-16/h1-11,23H,30H2. The molecule has 0 saturated carbocycles. The molecule has 5 aromatic rings. The molecule has 2 N–H and O–H groups in total. The average Bonchev–Trinajstić information content (AvgIpc) is 2.84. The topological polar surface area (TPSA) is 95.9 Å². The number of hydrogen-bond donors (Lipinski definition) is 1. The van der Waals surface area contributed by atoms with Crippen molar-refractivity contribution in [2.45, 2.75) is 12.8 Å². The summed E-state index contributed by atoms with van der Waals surface area (Å²) < 4.78 is 70.8. The fraction of sp³-hybridized carbons (Fsp3) is 0.0833. The minimum atomic E-state index is -4.73. The Hall–Kier alpha value is -4.61. The molecule has 0 aliphatic carbocycles. The number of halogens is 5. The van der Waals surface area contributed by atoms with E-state index < -0.39 is 23.9 Å². The summed E-state index contributed by atoms with van der Waals surface area (Å²) in [6, 6.07) is 10.4. The fourth-order valence-electron chi connectivity index (χ4n) is 3.87. The normalized spacial score (nSPS) is 11.9. The van der Waals surface area contributed by atoms with Crippen LogP contribution >= 0.6 is 0 Å². The highest BCUT2D eigenvalue weighted by Crippen LogP contribution is 2.35. The highest BCUT2D eigenvalue weighted by molar-refractivity contribution is 5.97. The van der Waals surface area contributed by atoms with Crippen molar-refractivity contribution in [3.05, 3.63) is 83.0 Å². The Balaban J connectivity index is 1.82. The minimum Gasteiger partial charge on any atom is -0.435 e. The first-order valence-electron chi connectivity index (χ1n) is 10.3. The van der Waals surface area contributed by atoms with Crippen molar-refractivity contribution in [3.8, 4) is 22.6 Å². The van der Waals surface area contributed by atoms with Gasteiger partial charge in [-0.05, 0) is 48.0 Å². The summed E-state index contributed by atoms with van der Waals surface area (Å²) >= 11 is 0. The molecule has 0 spiro atoms. The summed E-state index contributed by atoms with van der Waals surface area (Å²) in [6.45, 7) is -3.07. The predicted octanol–water partition coefficient (Wildman–Crippen LogP) is 5.20. The monoisotopic (exact) mass is 499 g/mol. The van der Waals surface area contributed by atoms with Crippen LogP contribution in [-0.4, -0.2) is 26.1 Å². The van der Waals surface area contributed by atoms with E-state index in [1.54, 1.807) is 18.2 Å². The molecule has 0 unspecified atom stereocenters. The molecule has 0 bridgehead atoms. The van der Waals surface area contributed by atoms with Crippen molar-refractivity contribution in [1.29, 1.82) is 0 Å². The first-order valence-corrected chi connectivity index (χ1v) is 10.3.